The van der Waals surface area contributed by atoms with Crippen LogP contribution in [0.4, 0.5) is 28.9 Å². The normalized spacial score (nSPS) is 12.3. The van der Waals surface area contributed by atoms with Crippen LogP contribution in [-0.4, -0.2) is 40.9 Å². The lowest BCUT2D eigenvalue weighted by Crippen LogP contribution is -2.22. The van der Waals surface area contributed by atoms with Gasteiger partial charge in [-0.15, -0.1) is 0 Å². The van der Waals surface area contributed by atoms with Crippen LogP contribution in [0.15, 0.2) is 41.3 Å². The molecule has 0 heterocycles. The molecule has 0 aliphatic carbocycles. The van der Waals surface area contributed by atoms with Crippen LogP contribution in [-0.2, 0) is 22.7 Å². The fraction of sp³-hybridized carbons (Fsp3) is 0.333. The molecule has 154 valence electrons. The minimum absolute atomic E-state index is 0.0423. The number of rotatable bonds is 6. The molecule has 0 saturated carbocycles. The predicted octanol–water partition coefficient (Wildman–Crippen LogP) is 3.77. The second-order valence-electron chi connectivity index (χ2n) is 6.53. The van der Waals surface area contributed by atoms with Crippen molar-refractivity contribution >= 4 is 21.4 Å². The molecule has 0 radical (unpaired) electrons. The molecule has 28 heavy (non-hydrogen) atoms. The second-order valence-corrected chi connectivity index (χ2v) is 8.68. The minimum Gasteiger partial charge on any atom is -0.379 e. The Morgan fingerprint density at radius 2 is 1.64 bits per heavy atom. The van der Waals surface area contributed by atoms with Crippen molar-refractivity contribution < 1.29 is 26.0 Å². The fourth-order valence-electron chi connectivity index (χ4n) is 2.51. The summed E-state index contributed by atoms with van der Waals surface area (Å²) in [6, 6.07) is 7.21. The molecule has 0 saturated heterocycles. The van der Waals surface area contributed by atoms with E-state index in [0.717, 1.165) is 16.4 Å². The van der Waals surface area contributed by atoms with Crippen molar-refractivity contribution in [1.29, 1.82) is 0 Å². The summed E-state index contributed by atoms with van der Waals surface area (Å²) in [4.78, 5) is 1.78. The second kappa shape index (κ2) is 7.96. The number of nitrogens with one attached hydrogen (secondary N) is 1. The highest BCUT2D eigenvalue weighted by Gasteiger charge is 2.34. The number of hydrogen-bond donors (Lipinski definition) is 1. The molecule has 10 heteroatoms. The predicted molar refractivity (Wildman–Crippen MR) is 100 cm³/mol. The standard InChI is InChI=1S/C18H21F4N3O2S/c1-24(2)17-8-6-13(28(26,27)25(3)4)10-16(17)23-11-12-5-7-15(19)14(9-12)18(20,21)22/h5-10,23H,11H2,1-4H3. The van der Waals surface area contributed by atoms with E-state index in [-0.39, 0.29) is 17.0 Å². The van der Waals surface area contributed by atoms with E-state index in [0.29, 0.717) is 11.4 Å². The van der Waals surface area contributed by atoms with Crippen LogP contribution in [0, 0.1) is 5.82 Å². The summed E-state index contributed by atoms with van der Waals surface area (Å²) in [6.07, 6.45) is -4.80. The molecule has 0 atom stereocenters. The molecule has 1 N–H and O–H groups in total. The number of halogens is 4. The highest BCUT2D eigenvalue weighted by Crippen LogP contribution is 2.33. The van der Waals surface area contributed by atoms with Crippen LogP contribution in [0.2, 0.25) is 0 Å². The summed E-state index contributed by atoms with van der Waals surface area (Å²) in [5.74, 6) is -1.34. The van der Waals surface area contributed by atoms with Crippen molar-refractivity contribution in [3.8, 4) is 0 Å². The first-order chi connectivity index (χ1) is 12.8. The third-order valence-electron chi connectivity index (χ3n) is 4.05. The van der Waals surface area contributed by atoms with E-state index in [2.05, 4.69) is 5.32 Å². The summed E-state index contributed by atoms with van der Waals surface area (Å²) in [7, 11) is 2.63. The largest absolute Gasteiger partial charge is 0.419 e. The SMILES string of the molecule is CN(C)c1ccc(S(=O)(=O)N(C)C)cc1NCc1ccc(F)c(C(F)(F)F)c1. The van der Waals surface area contributed by atoms with Crippen LogP contribution in [0.1, 0.15) is 11.1 Å². The lowest BCUT2D eigenvalue weighted by Gasteiger charge is -2.21. The Morgan fingerprint density at radius 1 is 1.00 bits per heavy atom. The summed E-state index contributed by atoms with van der Waals surface area (Å²) in [5.41, 5.74) is -0.0652. The first-order valence-electron chi connectivity index (χ1n) is 8.17. The van der Waals surface area contributed by atoms with Gasteiger partial charge in [-0.25, -0.2) is 17.1 Å². The van der Waals surface area contributed by atoms with Gasteiger partial charge in [0.2, 0.25) is 10.0 Å². The Morgan fingerprint density at radius 3 is 2.18 bits per heavy atom. The molecule has 0 aromatic heterocycles. The molecular weight excluding hydrogens is 398 g/mol. The van der Waals surface area contributed by atoms with Crippen molar-refractivity contribution in [1.82, 2.24) is 4.31 Å². The number of nitrogens with zero attached hydrogens (tertiary/aromatic N) is 2. The van der Waals surface area contributed by atoms with Gasteiger partial charge in [-0.2, -0.15) is 13.2 Å². The van der Waals surface area contributed by atoms with E-state index in [1.54, 1.807) is 25.1 Å². The van der Waals surface area contributed by atoms with Crippen molar-refractivity contribution in [3.63, 3.8) is 0 Å². The number of hydrogen-bond acceptors (Lipinski definition) is 4. The number of anilines is 2. The Hall–Kier alpha value is -2.33. The van der Waals surface area contributed by atoms with Crippen LogP contribution in [0.3, 0.4) is 0 Å². The zero-order valence-electron chi connectivity index (χ0n) is 15.8. The molecule has 0 spiro atoms. The van der Waals surface area contributed by atoms with Crippen LogP contribution in [0.25, 0.3) is 0 Å². The molecule has 0 aliphatic rings. The van der Waals surface area contributed by atoms with Gasteiger partial charge in [0.05, 0.1) is 21.8 Å². The molecule has 2 rings (SSSR count). The summed E-state index contributed by atoms with van der Waals surface area (Å²) >= 11 is 0. The van der Waals surface area contributed by atoms with E-state index in [4.69, 9.17) is 0 Å². The summed E-state index contributed by atoms with van der Waals surface area (Å²) in [5, 5.41) is 2.95. The maximum Gasteiger partial charge on any atom is 0.419 e. The van der Waals surface area contributed by atoms with Crippen LogP contribution < -0.4 is 10.2 Å². The van der Waals surface area contributed by atoms with Crippen molar-refractivity contribution in [2.75, 3.05) is 38.4 Å². The highest BCUT2D eigenvalue weighted by molar-refractivity contribution is 7.89. The first-order valence-corrected chi connectivity index (χ1v) is 9.61. The van der Waals surface area contributed by atoms with Crippen molar-refractivity contribution in [3.05, 3.63) is 53.3 Å². The van der Waals surface area contributed by atoms with E-state index in [9.17, 15) is 26.0 Å². The maximum atomic E-state index is 13.4. The molecule has 5 nitrogen and oxygen atoms in total. The average molecular weight is 419 g/mol. The number of sulfonamides is 1. The van der Waals surface area contributed by atoms with Crippen LogP contribution in [0.5, 0.6) is 0 Å². The number of alkyl halides is 3. The van der Waals surface area contributed by atoms with Crippen molar-refractivity contribution in [2.24, 2.45) is 0 Å². The zero-order valence-corrected chi connectivity index (χ0v) is 16.6. The lowest BCUT2D eigenvalue weighted by molar-refractivity contribution is -0.140. The van der Waals surface area contributed by atoms with Crippen molar-refractivity contribution in [2.45, 2.75) is 17.6 Å². The Labute approximate surface area is 161 Å². The Balaban J connectivity index is 2.38. The molecule has 2 aromatic carbocycles. The third-order valence-corrected chi connectivity index (χ3v) is 5.86. The Kier molecular flexibility index (Phi) is 6.24. The van der Waals surface area contributed by atoms with E-state index in [1.165, 1.54) is 32.3 Å². The van der Waals surface area contributed by atoms with Gasteiger partial charge in [-0.3, -0.25) is 0 Å². The van der Waals surface area contributed by atoms with Gasteiger partial charge >= 0.3 is 6.18 Å². The molecular formula is C18H21F4N3O2S. The van der Waals surface area contributed by atoms with Gasteiger partial charge in [-0.1, -0.05) is 6.07 Å². The minimum atomic E-state index is -4.80. The molecule has 0 amide bonds. The van der Waals surface area contributed by atoms with E-state index < -0.39 is 27.6 Å². The van der Waals surface area contributed by atoms with Gasteiger partial charge in [0, 0.05) is 34.7 Å². The third kappa shape index (κ3) is 4.74. The van der Waals surface area contributed by atoms with Gasteiger partial charge < -0.3 is 10.2 Å². The fourth-order valence-corrected chi connectivity index (χ4v) is 3.44. The van der Waals surface area contributed by atoms with E-state index in [1.807, 2.05) is 0 Å². The average Bonchev–Trinajstić information content (AvgIpc) is 2.59. The quantitative estimate of drug-likeness (QED) is 0.725. The molecule has 2 aromatic rings. The molecule has 0 unspecified atom stereocenters. The maximum absolute atomic E-state index is 13.4. The lowest BCUT2D eigenvalue weighted by atomic mass is 10.1. The highest BCUT2D eigenvalue weighted by atomic mass is 32.2. The molecule has 0 aliphatic heterocycles. The van der Waals surface area contributed by atoms with Gasteiger partial charge in [-0.05, 0) is 35.9 Å². The summed E-state index contributed by atoms with van der Waals surface area (Å²) < 4.78 is 77.9. The molecule has 0 fully saturated rings. The monoisotopic (exact) mass is 419 g/mol. The Bertz CT molecular complexity index is 958. The topological polar surface area (TPSA) is 52.7 Å². The first kappa shape index (κ1) is 22.0. The van der Waals surface area contributed by atoms with E-state index >= 15 is 0 Å². The summed E-state index contributed by atoms with van der Waals surface area (Å²) in [6.45, 7) is -0.0460. The van der Waals surface area contributed by atoms with Gasteiger partial charge in [0.25, 0.3) is 0 Å². The smallest absolute Gasteiger partial charge is 0.379 e. The molecule has 0 bridgehead atoms. The number of benzene rings is 2. The van der Waals surface area contributed by atoms with Gasteiger partial charge in [0.1, 0.15) is 5.82 Å². The van der Waals surface area contributed by atoms with Gasteiger partial charge in [0.15, 0.2) is 0 Å². The zero-order chi connectivity index (χ0) is 21.3. The van der Waals surface area contributed by atoms with Crippen LogP contribution >= 0.6 is 0 Å².